The first-order chi connectivity index (χ1) is 7.73. The Hall–Kier alpha value is -0.0800. The molecule has 1 heterocycles. The monoisotopic (exact) mass is 224 g/mol. The highest BCUT2D eigenvalue weighted by molar-refractivity contribution is 4.93. The van der Waals surface area contributed by atoms with E-state index >= 15 is 0 Å². The smallest absolute Gasteiger partial charge is 0.00355 e. The zero-order chi connectivity index (χ0) is 11.4. The van der Waals surface area contributed by atoms with E-state index in [1.165, 1.54) is 64.6 Å². The van der Waals surface area contributed by atoms with E-state index in [2.05, 4.69) is 24.3 Å². The van der Waals surface area contributed by atoms with Gasteiger partial charge in [-0.15, -0.1) is 0 Å². The average Bonchev–Trinajstić information content (AvgIpc) is 2.30. The standard InChI is InChI=1S/C14H28N2/c1-16(2)12-14(8-10-15-11-9-14)13-6-4-3-5-7-13/h13,15H,3-12H2,1-2H3. The second kappa shape index (κ2) is 5.50. The minimum atomic E-state index is 0.634. The molecule has 0 aromatic rings. The van der Waals surface area contributed by atoms with Crippen molar-refractivity contribution in [3.8, 4) is 0 Å². The van der Waals surface area contributed by atoms with Gasteiger partial charge < -0.3 is 10.2 Å². The predicted molar refractivity (Wildman–Crippen MR) is 69.7 cm³/mol. The molecule has 1 saturated carbocycles. The third-order valence-corrected chi connectivity index (χ3v) is 4.70. The van der Waals surface area contributed by atoms with Crippen LogP contribution < -0.4 is 5.32 Å². The quantitative estimate of drug-likeness (QED) is 0.792. The lowest BCUT2D eigenvalue weighted by Gasteiger charge is -2.47. The molecule has 1 N–H and O–H groups in total. The molecule has 0 bridgehead atoms. The van der Waals surface area contributed by atoms with Crippen LogP contribution in [0.1, 0.15) is 44.9 Å². The Bertz CT molecular complexity index is 201. The topological polar surface area (TPSA) is 15.3 Å². The summed E-state index contributed by atoms with van der Waals surface area (Å²) in [5.74, 6) is 1.01. The van der Waals surface area contributed by atoms with E-state index in [1.807, 2.05) is 0 Å². The summed E-state index contributed by atoms with van der Waals surface area (Å²) in [5.41, 5.74) is 0.634. The van der Waals surface area contributed by atoms with Crippen LogP contribution in [0.5, 0.6) is 0 Å². The summed E-state index contributed by atoms with van der Waals surface area (Å²) < 4.78 is 0. The molecular formula is C14H28N2. The van der Waals surface area contributed by atoms with Crippen molar-refractivity contribution in [1.82, 2.24) is 10.2 Å². The average molecular weight is 224 g/mol. The third kappa shape index (κ3) is 2.78. The predicted octanol–water partition coefficient (Wildman–Crippen LogP) is 2.50. The highest BCUT2D eigenvalue weighted by atomic mass is 15.1. The van der Waals surface area contributed by atoms with Crippen molar-refractivity contribution in [3.63, 3.8) is 0 Å². The van der Waals surface area contributed by atoms with Crippen LogP contribution >= 0.6 is 0 Å². The lowest BCUT2D eigenvalue weighted by Crippen LogP contribution is -2.48. The number of nitrogens with zero attached hydrogens (tertiary/aromatic N) is 1. The minimum absolute atomic E-state index is 0.634. The molecule has 1 aliphatic heterocycles. The molecule has 2 aliphatic rings. The van der Waals surface area contributed by atoms with Crippen molar-refractivity contribution in [3.05, 3.63) is 0 Å². The van der Waals surface area contributed by atoms with Gasteiger partial charge in [0.1, 0.15) is 0 Å². The molecule has 0 atom stereocenters. The highest BCUT2D eigenvalue weighted by Gasteiger charge is 2.40. The van der Waals surface area contributed by atoms with Crippen LogP contribution in [-0.4, -0.2) is 38.6 Å². The SMILES string of the molecule is CN(C)CC1(C2CCCCC2)CCNCC1. The van der Waals surface area contributed by atoms with Gasteiger partial charge in [-0.25, -0.2) is 0 Å². The van der Waals surface area contributed by atoms with Gasteiger partial charge in [0, 0.05) is 6.54 Å². The fourth-order valence-corrected chi connectivity index (χ4v) is 3.96. The molecule has 2 nitrogen and oxygen atoms in total. The number of hydrogen-bond acceptors (Lipinski definition) is 2. The third-order valence-electron chi connectivity index (χ3n) is 4.70. The maximum atomic E-state index is 3.53. The lowest BCUT2D eigenvalue weighted by atomic mass is 9.64. The summed E-state index contributed by atoms with van der Waals surface area (Å²) in [6.45, 7) is 3.79. The van der Waals surface area contributed by atoms with Crippen LogP contribution in [0, 0.1) is 11.3 Å². The number of hydrogen-bond donors (Lipinski definition) is 1. The van der Waals surface area contributed by atoms with E-state index in [0.717, 1.165) is 5.92 Å². The zero-order valence-corrected chi connectivity index (χ0v) is 11.1. The van der Waals surface area contributed by atoms with Gasteiger partial charge in [0.05, 0.1) is 0 Å². The second-order valence-corrected chi connectivity index (χ2v) is 6.19. The fourth-order valence-electron chi connectivity index (χ4n) is 3.96. The molecule has 0 aromatic carbocycles. The minimum Gasteiger partial charge on any atom is -0.317 e. The van der Waals surface area contributed by atoms with E-state index in [1.54, 1.807) is 0 Å². The van der Waals surface area contributed by atoms with E-state index in [-0.39, 0.29) is 0 Å². The zero-order valence-electron chi connectivity index (χ0n) is 11.1. The molecule has 94 valence electrons. The lowest BCUT2D eigenvalue weighted by molar-refractivity contribution is 0.0459. The molecule has 0 unspecified atom stereocenters. The van der Waals surface area contributed by atoms with Crippen LogP contribution in [0.25, 0.3) is 0 Å². The Morgan fingerprint density at radius 2 is 1.69 bits per heavy atom. The molecule has 2 fully saturated rings. The van der Waals surface area contributed by atoms with E-state index < -0.39 is 0 Å². The van der Waals surface area contributed by atoms with Gasteiger partial charge in [0.2, 0.25) is 0 Å². The Labute approximate surface area is 101 Å². The van der Waals surface area contributed by atoms with E-state index in [0.29, 0.717) is 5.41 Å². The van der Waals surface area contributed by atoms with Gasteiger partial charge in [-0.3, -0.25) is 0 Å². The van der Waals surface area contributed by atoms with E-state index in [4.69, 9.17) is 0 Å². The molecular weight excluding hydrogens is 196 g/mol. The molecule has 2 heteroatoms. The summed E-state index contributed by atoms with van der Waals surface area (Å²) in [5, 5.41) is 3.53. The Morgan fingerprint density at radius 3 is 2.25 bits per heavy atom. The summed E-state index contributed by atoms with van der Waals surface area (Å²) >= 11 is 0. The van der Waals surface area contributed by atoms with Crippen molar-refractivity contribution < 1.29 is 0 Å². The molecule has 1 saturated heterocycles. The molecule has 0 aromatic heterocycles. The van der Waals surface area contributed by atoms with Crippen LogP contribution in [0.4, 0.5) is 0 Å². The fraction of sp³-hybridized carbons (Fsp3) is 1.00. The largest absolute Gasteiger partial charge is 0.317 e. The molecule has 0 amide bonds. The summed E-state index contributed by atoms with van der Waals surface area (Å²) in [4.78, 5) is 2.42. The first-order valence-electron chi connectivity index (χ1n) is 7.08. The summed E-state index contributed by atoms with van der Waals surface area (Å²) in [6.07, 6.45) is 10.2. The number of rotatable bonds is 3. The Kier molecular flexibility index (Phi) is 4.26. The molecule has 16 heavy (non-hydrogen) atoms. The number of piperidine rings is 1. The summed E-state index contributed by atoms with van der Waals surface area (Å²) in [6, 6.07) is 0. The van der Waals surface area contributed by atoms with Gasteiger partial charge in [0.25, 0.3) is 0 Å². The first kappa shape index (κ1) is 12.4. The maximum absolute atomic E-state index is 3.53. The van der Waals surface area contributed by atoms with Crippen molar-refractivity contribution in [2.45, 2.75) is 44.9 Å². The van der Waals surface area contributed by atoms with Crippen molar-refractivity contribution in [2.75, 3.05) is 33.7 Å². The van der Waals surface area contributed by atoms with Crippen LogP contribution in [0.2, 0.25) is 0 Å². The molecule has 1 aliphatic carbocycles. The molecule has 2 rings (SSSR count). The number of nitrogens with one attached hydrogen (secondary N) is 1. The maximum Gasteiger partial charge on any atom is 0.00355 e. The van der Waals surface area contributed by atoms with Crippen LogP contribution in [0.3, 0.4) is 0 Å². The van der Waals surface area contributed by atoms with Crippen molar-refractivity contribution in [2.24, 2.45) is 11.3 Å². The van der Waals surface area contributed by atoms with Gasteiger partial charge in [-0.05, 0) is 64.2 Å². The second-order valence-electron chi connectivity index (χ2n) is 6.19. The van der Waals surface area contributed by atoms with Crippen LogP contribution in [-0.2, 0) is 0 Å². The Morgan fingerprint density at radius 1 is 1.06 bits per heavy atom. The first-order valence-corrected chi connectivity index (χ1v) is 7.08. The van der Waals surface area contributed by atoms with Gasteiger partial charge in [-0.2, -0.15) is 0 Å². The van der Waals surface area contributed by atoms with Crippen molar-refractivity contribution in [1.29, 1.82) is 0 Å². The summed E-state index contributed by atoms with van der Waals surface area (Å²) in [7, 11) is 4.49. The Balaban J connectivity index is 2.05. The van der Waals surface area contributed by atoms with E-state index in [9.17, 15) is 0 Å². The van der Waals surface area contributed by atoms with Crippen molar-refractivity contribution >= 4 is 0 Å². The molecule has 0 radical (unpaired) electrons. The van der Waals surface area contributed by atoms with Crippen LogP contribution in [0.15, 0.2) is 0 Å². The highest BCUT2D eigenvalue weighted by Crippen LogP contribution is 2.44. The molecule has 0 spiro atoms. The van der Waals surface area contributed by atoms with Gasteiger partial charge in [-0.1, -0.05) is 19.3 Å². The normalized spacial score (nSPS) is 27.2. The van der Waals surface area contributed by atoms with Gasteiger partial charge >= 0.3 is 0 Å². The van der Waals surface area contributed by atoms with Gasteiger partial charge in [0.15, 0.2) is 0 Å².